The summed E-state index contributed by atoms with van der Waals surface area (Å²) >= 11 is 0. The minimum absolute atomic E-state index is 0.416. The summed E-state index contributed by atoms with van der Waals surface area (Å²) in [6.45, 7) is 39.0. The second-order valence-electron chi connectivity index (χ2n) is 12.7. The lowest BCUT2D eigenvalue weighted by Gasteiger charge is -2.55. The Morgan fingerprint density at radius 3 is 1.11 bits per heavy atom. The molecule has 162 valence electrons. The van der Waals surface area contributed by atoms with Gasteiger partial charge < -0.3 is 8.54 Å². The monoisotopic (exact) mass is 462 g/mol. The molecule has 0 saturated heterocycles. The lowest BCUT2D eigenvalue weighted by atomic mass is 10.1. The Morgan fingerprint density at radius 2 is 0.926 bits per heavy atom. The van der Waals surface area contributed by atoms with Crippen LogP contribution in [0.4, 0.5) is 0 Å². The van der Waals surface area contributed by atoms with Crippen molar-refractivity contribution in [3.63, 3.8) is 0 Å². The highest BCUT2D eigenvalue weighted by atomic mass is 29.7. The Morgan fingerprint density at radius 1 is 0.556 bits per heavy atom. The maximum Gasteiger partial charge on any atom is 0.241 e. The van der Waals surface area contributed by atoms with Gasteiger partial charge in [0.25, 0.3) is 0 Å². The third-order valence-electron chi connectivity index (χ3n) is 4.73. The molecule has 0 saturated carbocycles. The lowest BCUT2D eigenvalue weighted by molar-refractivity contribution is 0.352. The van der Waals surface area contributed by atoms with E-state index >= 15 is 0 Å². The molecule has 27 heavy (non-hydrogen) atoms. The fourth-order valence-electron chi connectivity index (χ4n) is 4.43. The molecule has 0 aliphatic carbocycles. The molecule has 0 N–H and O–H groups in total. The molecule has 0 aliphatic heterocycles. The van der Waals surface area contributed by atoms with Crippen LogP contribution in [0.15, 0.2) is 11.0 Å². The van der Waals surface area contributed by atoms with E-state index < -0.39 is 39.2 Å². The summed E-state index contributed by atoms with van der Waals surface area (Å²) in [7, 11) is -8.74. The van der Waals surface area contributed by atoms with Crippen LogP contribution in [0.2, 0.25) is 78.6 Å². The van der Waals surface area contributed by atoms with E-state index in [9.17, 15) is 0 Å². The number of rotatable bonds is 9. The van der Waals surface area contributed by atoms with Gasteiger partial charge in [0.05, 0.1) is 20.9 Å². The Bertz CT molecular complexity index is 513. The Kier molecular flexibility index (Phi) is 8.94. The molecule has 7 heteroatoms. The van der Waals surface area contributed by atoms with Gasteiger partial charge in [-0.15, -0.1) is 0 Å². The maximum absolute atomic E-state index is 7.50. The van der Waals surface area contributed by atoms with Gasteiger partial charge >= 0.3 is 0 Å². The van der Waals surface area contributed by atoms with Crippen molar-refractivity contribution in [1.29, 1.82) is 0 Å². The van der Waals surface area contributed by atoms with Crippen molar-refractivity contribution >= 4 is 39.2 Å². The predicted molar refractivity (Wildman–Crippen MR) is 138 cm³/mol. The van der Waals surface area contributed by atoms with Gasteiger partial charge in [0.1, 0.15) is 0 Å². The van der Waals surface area contributed by atoms with E-state index in [0.717, 1.165) is 0 Å². The summed E-state index contributed by atoms with van der Waals surface area (Å²) in [6.07, 6.45) is 0. The summed E-state index contributed by atoms with van der Waals surface area (Å²) in [4.78, 5) is 0. The summed E-state index contributed by atoms with van der Waals surface area (Å²) in [6, 6.07) is 0. The van der Waals surface area contributed by atoms with Crippen LogP contribution >= 0.6 is 0 Å². The molecule has 0 amide bonds. The average Bonchev–Trinajstić information content (AvgIpc) is 2.29. The van der Waals surface area contributed by atoms with E-state index in [-0.39, 0.29) is 0 Å². The molecule has 0 aromatic rings. The van der Waals surface area contributed by atoms with E-state index in [1.807, 2.05) is 0 Å². The first-order valence-electron chi connectivity index (χ1n) is 10.7. The second kappa shape index (κ2) is 8.75. The third-order valence-corrected chi connectivity index (χ3v) is 44.7. The molecule has 0 atom stereocenters. The highest BCUT2D eigenvalue weighted by Gasteiger charge is 2.61. The summed E-state index contributed by atoms with van der Waals surface area (Å²) in [5.74, 6) is 2.21. The van der Waals surface area contributed by atoms with Gasteiger partial charge in [0, 0.05) is 5.92 Å². The van der Waals surface area contributed by atoms with Gasteiger partial charge in [-0.25, -0.2) is 0 Å². The Balaban J connectivity index is 7.36. The molecule has 0 fully saturated rings. The van der Waals surface area contributed by atoms with Gasteiger partial charge in [-0.3, -0.25) is 0 Å². The van der Waals surface area contributed by atoms with E-state index in [2.05, 4.69) is 106 Å². The van der Waals surface area contributed by atoms with E-state index in [4.69, 9.17) is 8.54 Å². The van der Waals surface area contributed by atoms with Crippen LogP contribution in [0.1, 0.15) is 27.7 Å². The molecule has 0 spiro atoms. The zero-order valence-electron chi connectivity index (χ0n) is 21.5. The van der Waals surface area contributed by atoms with Crippen molar-refractivity contribution in [2.45, 2.75) is 106 Å². The zero-order chi connectivity index (χ0) is 22.2. The standard InChI is InChI=1S/C20H50O2Si5/c1-17(2)19(21-23(5,6)7)20(18(3)4)27(25(11,12)13,26(14,15)16)22-24(8,9)10/h17-18H,1-16H3. The average molecular weight is 463 g/mol. The van der Waals surface area contributed by atoms with Crippen molar-refractivity contribution in [1.82, 2.24) is 0 Å². The quantitative estimate of drug-likeness (QED) is 0.260. The summed E-state index contributed by atoms with van der Waals surface area (Å²) < 4.78 is 14.4. The summed E-state index contributed by atoms with van der Waals surface area (Å²) in [5.41, 5.74) is 0. The Labute approximate surface area is 176 Å². The molecule has 0 rings (SSSR count). The molecule has 0 heterocycles. The minimum atomic E-state index is -2.14. The lowest BCUT2D eigenvalue weighted by Crippen LogP contribution is -2.77. The molecular formula is C20H50O2Si5. The minimum Gasteiger partial charge on any atom is -0.547 e. The van der Waals surface area contributed by atoms with Gasteiger partial charge in [-0.05, 0) is 50.4 Å². The molecule has 0 aromatic carbocycles. The SMILES string of the molecule is CC(C)C(O[Si](C)(C)C)=C(C(C)C)[Si](O[Si](C)(C)C)([Si](C)(C)C)[Si](C)(C)C. The first kappa shape index (κ1) is 27.6. The van der Waals surface area contributed by atoms with Crippen LogP contribution in [0.25, 0.3) is 0 Å². The highest BCUT2D eigenvalue weighted by Crippen LogP contribution is 2.44. The fourth-order valence-corrected chi connectivity index (χ4v) is 62.8. The van der Waals surface area contributed by atoms with Gasteiger partial charge in [0.2, 0.25) is 8.32 Å². The predicted octanol–water partition coefficient (Wildman–Crippen LogP) is 7.57. The van der Waals surface area contributed by atoms with Crippen LogP contribution in [-0.4, -0.2) is 39.2 Å². The Hall–Kier alpha value is 0.584. The maximum atomic E-state index is 7.50. The smallest absolute Gasteiger partial charge is 0.241 e. The molecule has 0 unspecified atom stereocenters. The summed E-state index contributed by atoms with van der Waals surface area (Å²) in [5, 5.41) is 1.64. The molecular weight excluding hydrogens is 413 g/mol. The number of hydrogen-bond acceptors (Lipinski definition) is 2. The zero-order valence-corrected chi connectivity index (χ0v) is 26.5. The van der Waals surface area contributed by atoms with Crippen LogP contribution in [0.5, 0.6) is 0 Å². The molecule has 0 radical (unpaired) electrons. The van der Waals surface area contributed by atoms with Crippen LogP contribution in [-0.2, 0) is 8.54 Å². The molecule has 0 aliphatic rings. The molecule has 0 bridgehead atoms. The van der Waals surface area contributed by atoms with Gasteiger partial charge in [0.15, 0.2) is 15.7 Å². The number of hydrogen-bond donors (Lipinski definition) is 0. The van der Waals surface area contributed by atoms with E-state index in [0.29, 0.717) is 11.8 Å². The van der Waals surface area contributed by atoms with Crippen molar-refractivity contribution in [2.75, 3.05) is 0 Å². The van der Waals surface area contributed by atoms with Crippen LogP contribution < -0.4 is 0 Å². The van der Waals surface area contributed by atoms with Gasteiger partial charge in [-0.2, -0.15) is 0 Å². The van der Waals surface area contributed by atoms with Crippen LogP contribution in [0, 0.1) is 11.8 Å². The fraction of sp³-hybridized carbons (Fsp3) is 0.900. The normalized spacial score (nSPS) is 16.1. The largest absolute Gasteiger partial charge is 0.547 e. The van der Waals surface area contributed by atoms with Crippen molar-refractivity contribution < 1.29 is 8.54 Å². The van der Waals surface area contributed by atoms with Crippen molar-refractivity contribution in [3.8, 4) is 0 Å². The first-order chi connectivity index (χ1) is 11.6. The number of allylic oxidation sites excluding steroid dienone is 2. The first-order valence-corrected chi connectivity index (χ1v) is 28.4. The molecule has 2 nitrogen and oxygen atoms in total. The van der Waals surface area contributed by atoms with E-state index in [1.165, 1.54) is 5.76 Å². The topological polar surface area (TPSA) is 18.5 Å². The molecule has 0 aromatic heterocycles. The third kappa shape index (κ3) is 7.10. The van der Waals surface area contributed by atoms with E-state index in [1.54, 1.807) is 5.20 Å². The highest BCUT2D eigenvalue weighted by molar-refractivity contribution is 7.69. The van der Waals surface area contributed by atoms with Crippen molar-refractivity contribution in [3.05, 3.63) is 11.0 Å². The second-order valence-corrected chi connectivity index (χ2v) is 47.8. The van der Waals surface area contributed by atoms with Gasteiger partial charge in [-0.1, -0.05) is 67.0 Å². The van der Waals surface area contributed by atoms with Crippen molar-refractivity contribution in [2.24, 2.45) is 11.8 Å². The van der Waals surface area contributed by atoms with Crippen LogP contribution in [0.3, 0.4) is 0 Å².